The standard InChI is InChI=1S/C18H26N4O/c1-2-13-9-19-16-15(13)17(21-11-20-16)22-14-7-18(8-14)5-3-12(10-23)4-6-18/h9,11-12,14,23H,2-8,10H2,1H3,(H2,19,20,21,22). The Kier molecular flexibility index (Phi) is 3.76. The Hall–Kier alpha value is -1.62. The average Bonchev–Trinajstić information content (AvgIpc) is 2.98. The first-order chi connectivity index (χ1) is 11.2. The summed E-state index contributed by atoms with van der Waals surface area (Å²) in [5, 5.41) is 14.1. The number of anilines is 1. The zero-order valence-corrected chi connectivity index (χ0v) is 13.8. The van der Waals surface area contributed by atoms with Crippen molar-refractivity contribution in [3.8, 4) is 0 Å². The molecule has 0 aliphatic heterocycles. The molecule has 2 aromatic heterocycles. The van der Waals surface area contributed by atoms with E-state index >= 15 is 0 Å². The molecule has 23 heavy (non-hydrogen) atoms. The van der Waals surface area contributed by atoms with Gasteiger partial charge >= 0.3 is 0 Å². The van der Waals surface area contributed by atoms with E-state index in [4.69, 9.17) is 0 Å². The number of aromatic nitrogens is 3. The Balaban J connectivity index is 1.44. The van der Waals surface area contributed by atoms with Gasteiger partial charge in [-0.25, -0.2) is 9.97 Å². The van der Waals surface area contributed by atoms with Crippen molar-refractivity contribution in [1.82, 2.24) is 15.0 Å². The smallest absolute Gasteiger partial charge is 0.143 e. The summed E-state index contributed by atoms with van der Waals surface area (Å²) in [6.07, 6.45) is 12.1. The lowest BCUT2D eigenvalue weighted by Crippen LogP contribution is -2.47. The molecule has 0 aromatic carbocycles. The van der Waals surface area contributed by atoms with E-state index in [2.05, 4.69) is 27.2 Å². The van der Waals surface area contributed by atoms with Gasteiger partial charge in [-0.05, 0) is 61.8 Å². The largest absolute Gasteiger partial charge is 0.396 e. The predicted octanol–water partition coefficient (Wildman–Crippen LogP) is 3.26. The first-order valence-corrected chi connectivity index (χ1v) is 8.91. The van der Waals surface area contributed by atoms with Crippen LogP contribution in [0.4, 0.5) is 5.82 Å². The molecule has 4 rings (SSSR count). The van der Waals surface area contributed by atoms with Gasteiger partial charge in [0.1, 0.15) is 17.8 Å². The molecule has 124 valence electrons. The lowest BCUT2D eigenvalue weighted by atomic mass is 9.57. The fourth-order valence-electron chi connectivity index (χ4n) is 4.58. The molecule has 5 nitrogen and oxygen atoms in total. The van der Waals surface area contributed by atoms with E-state index in [0.717, 1.165) is 23.3 Å². The minimum Gasteiger partial charge on any atom is -0.396 e. The fraction of sp³-hybridized carbons (Fsp3) is 0.667. The van der Waals surface area contributed by atoms with Crippen molar-refractivity contribution in [1.29, 1.82) is 0 Å². The Morgan fingerprint density at radius 3 is 2.78 bits per heavy atom. The molecule has 2 aromatic rings. The second-order valence-corrected chi connectivity index (χ2v) is 7.49. The van der Waals surface area contributed by atoms with Gasteiger partial charge in [0.2, 0.25) is 0 Å². The second-order valence-electron chi connectivity index (χ2n) is 7.49. The number of nitrogens with one attached hydrogen (secondary N) is 2. The Bertz CT molecular complexity index is 679. The van der Waals surface area contributed by atoms with Crippen molar-refractivity contribution < 1.29 is 5.11 Å². The number of hydrogen-bond donors (Lipinski definition) is 3. The summed E-state index contributed by atoms with van der Waals surface area (Å²) in [5.41, 5.74) is 2.73. The lowest BCUT2D eigenvalue weighted by molar-refractivity contribution is 0.0300. The van der Waals surface area contributed by atoms with Gasteiger partial charge in [0.05, 0.1) is 5.39 Å². The summed E-state index contributed by atoms with van der Waals surface area (Å²) >= 11 is 0. The van der Waals surface area contributed by atoms with Crippen LogP contribution in [-0.4, -0.2) is 32.7 Å². The maximum atomic E-state index is 9.30. The molecule has 0 radical (unpaired) electrons. The number of H-pyrrole nitrogens is 1. The van der Waals surface area contributed by atoms with Crippen LogP contribution in [0.5, 0.6) is 0 Å². The van der Waals surface area contributed by atoms with Crippen molar-refractivity contribution in [2.75, 3.05) is 11.9 Å². The highest BCUT2D eigenvalue weighted by Gasteiger charge is 2.46. The van der Waals surface area contributed by atoms with Crippen molar-refractivity contribution in [2.24, 2.45) is 11.3 Å². The molecule has 1 spiro atoms. The number of fused-ring (bicyclic) bond motifs is 1. The summed E-state index contributed by atoms with van der Waals surface area (Å²) in [5.74, 6) is 1.53. The number of nitrogens with zero attached hydrogens (tertiary/aromatic N) is 2. The third kappa shape index (κ3) is 2.61. The van der Waals surface area contributed by atoms with Gasteiger partial charge in [0.15, 0.2) is 0 Å². The maximum Gasteiger partial charge on any atom is 0.143 e. The molecule has 0 unspecified atom stereocenters. The molecule has 2 aliphatic rings. The fourth-order valence-corrected chi connectivity index (χ4v) is 4.58. The predicted molar refractivity (Wildman–Crippen MR) is 91.4 cm³/mol. The SMILES string of the molecule is CCc1c[nH]c2ncnc(NC3CC4(CCC(CO)CC4)C3)c12. The third-order valence-electron chi connectivity index (χ3n) is 6.06. The minimum absolute atomic E-state index is 0.365. The first kappa shape index (κ1) is 14.9. The van der Waals surface area contributed by atoms with E-state index in [9.17, 15) is 5.11 Å². The van der Waals surface area contributed by atoms with Gasteiger partial charge < -0.3 is 15.4 Å². The number of rotatable bonds is 4. The number of aryl methyl sites for hydroxylation is 1. The van der Waals surface area contributed by atoms with Gasteiger partial charge in [0, 0.05) is 18.8 Å². The quantitative estimate of drug-likeness (QED) is 0.810. The average molecular weight is 314 g/mol. The second kappa shape index (κ2) is 5.78. The van der Waals surface area contributed by atoms with Gasteiger partial charge in [-0.1, -0.05) is 6.92 Å². The molecular formula is C18H26N4O. The van der Waals surface area contributed by atoms with Crippen LogP contribution in [0.15, 0.2) is 12.5 Å². The molecular weight excluding hydrogens is 288 g/mol. The summed E-state index contributed by atoms with van der Waals surface area (Å²) < 4.78 is 0. The van der Waals surface area contributed by atoms with E-state index in [0.29, 0.717) is 24.0 Å². The van der Waals surface area contributed by atoms with Gasteiger partial charge in [-0.2, -0.15) is 0 Å². The minimum atomic E-state index is 0.365. The van der Waals surface area contributed by atoms with E-state index in [1.807, 2.05) is 6.20 Å². The number of aliphatic hydroxyl groups excluding tert-OH is 1. The highest BCUT2D eigenvalue weighted by Crippen LogP contribution is 2.53. The lowest BCUT2D eigenvalue weighted by Gasteiger charge is -2.51. The molecule has 2 fully saturated rings. The molecule has 2 saturated carbocycles. The third-order valence-corrected chi connectivity index (χ3v) is 6.06. The Morgan fingerprint density at radius 2 is 2.09 bits per heavy atom. The Labute approximate surface area is 136 Å². The van der Waals surface area contributed by atoms with Crippen molar-refractivity contribution >= 4 is 16.9 Å². The summed E-state index contributed by atoms with van der Waals surface area (Å²) in [6, 6.07) is 0.526. The van der Waals surface area contributed by atoms with Crippen LogP contribution in [0, 0.1) is 11.3 Å². The molecule has 2 aliphatic carbocycles. The normalized spacial score (nSPS) is 30.5. The number of aromatic amines is 1. The van der Waals surface area contributed by atoms with Crippen LogP contribution in [-0.2, 0) is 6.42 Å². The molecule has 0 atom stereocenters. The van der Waals surface area contributed by atoms with Gasteiger partial charge in [-0.15, -0.1) is 0 Å². The van der Waals surface area contributed by atoms with Crippen molar-refractivity contribution in [3.63, 3.8) is 0 Å². The van der Waals surface area contributed by atoms with Crippen LogP contribution in [0.2, 0.25) is 0 Å². The summed E-state index contributed by atoms with van der Waals surface area (Å²) in [4.78, 5) is 12.1. The van der Waals surface area contributed by atoms with Gasteiger partial charge in [-0.3, -0.25) is 0 Å². The van der Waals surface area contributed by atoms with E-state index in [-0.39, 0.29) is 0 Å². The zero-order valence-electron chi connectivity index (χ0n) is 13.8. The highest BCUT2D eigenvalue weighted by molar-refractivity contribution is 5.90. The Morgan fingerprint density at radius 1 is 1.30 bits per heavy atom. The van der Waals surface area contributed by atoms with Crippen LogP contribution in [0.25, 0.3) is 11.0 Å². The first-order valence-electron chi connectivity index (χ1n) is 8.91. The molecule has 0 bridgehead atoms. The molecule has 0 saturated heterocycles. The number of hydrogen-bond acceptors (Lipinski definition) is 4. The van der Waals surface area contributed by atoms with Crippen LogP contribution >= 0.6 is 0 Å². The molecule has 2 heterocycles. The molecule has 0 amide bonds. The van der Waals surface area contributed by atoms with Crippen LogP contribution < -0.4 is 5.32 Å². The van der Waals surface area contributed by atoms with E-state index in [1.54, 1.807) is 6.33 Å². The number of aliphatic hydroxyl groups is 1. The molecule has 3 N–H and O–H groups in total. The van der Waals surface area contributed by atoms with Crippen molar-refractivity contribution in [2.45, 2.75) is 57.9 Å². The summed E-state index contributed by atoms with van der Waals surface area (Å²) in [6.45, 7) is 2.53. The monoisotopic (exact) mass is 314 g/mol. The van der Waals surface area contributed by atoms with Crippen LogP contribution in [0.3, 0.4) is 0 Å². The zero-order chi connectivity index (χ0) is 15.9. The van der Waals surface area contributed by atoms with E-state index < -0.39 is 0 Å². The summed E-state index contributed by atoms with van der Waals surface area (Å²) in [7, 11) is 0. The van der Waals surface area contributed by atoms with Gasteiger partial charge in [0.25, 0.3) is 0 Å². The topological polar surface area (TPSA) is 73.8 Å². The highest BCUT2D eigenvalue weighted by atomic mass is 16.3. The van der Waals surface area contributed by atoms with Crippen LogP contribution in [0.1, 0.15) is 51.0 Å². The maximum absolute atomic E-state index is 9.30. The molecule has 5 heteroatoms. The van der Waals surface area contributed by atoms with Crippen molar-refractivity contribution in [3.05, 3.63) is 18.1 Å². The van der Waals surface area contributed by atoms with E-state index in [1.165, 1.54) is 44.1 Å².